The summed E-state index contributed by atoms with van der Waals surface area (Å²) in [6.45, 7) is 5.50. The molecule has 0 fully saturated rings. The van der Waals surface area contributed by atoms with Gasteiger partial charge in [0, 0.05) is 12.0 Å². The molecular weight excluding hydrogens is 200 g/mol. The average Bonchev–Trinajstić information content (AvgIpc) is 2.29. The summed E-state index contributed by atoms with van der Waals surface area (Å²) < 4.78 is 5.30. The van der Waals surface area contributed by atoms with Crippen LogP contribution < -0.4 is 0 Å². The predicted molar refractivity (Wildman–Crippen MR) is 65.1 cm³/mol. The fraction of sp³-hybridized carbons (Fsp3) is 0.357. The number of carbonyl (C=O) groups is 1. The van der Waals surface area contributed by atoms with E-state index in [-0.39, 0.29) is 12.1 Å². The smallest absolute Gasteiger partial charge is 0.333 e. The third-order valence-corrected chi connectivity index (χ3v) is 2.43. The van der Waals surface area contributed by atoms with Crippen molar-refractivity contribution in [3.63, 3.8) is 0 Å². The summed E-state index contributed by atoms with van der Waals surface area (Å²) >= 11 is 0. The van der Waals surface area contributed by atoms with E-state index in [9.17, 15) is 4.79 Å². The molecule has 86 valence electrons. The quantitative estimate of drug-likeness (QED) is 0.573. The number of hydrogen-bond donors (Lipinski definition) is 0. The number of hydrogen-bond acceptors (Lipinski definition) is 2. The number of allylic oxidation sites excluding steroid dienone is 1. The van der Waals surface area contributed by atoms with Crippen LogP contribution in [0.15, 0.2) is 42.0 Å². The highest BCUT2D eigenvalue weighted by Gasteiger charge is 2.10. The van der Waals surface area contributed by atoms with Gasteiger partial charge in [0.05, 0.1) is 0 Å². The zero-order valence-corrected chi connectivity index (χ0v) is 10.1. The topological polar surface area (TPSA) is 26.3 Å². The van der Waals surface area contributed by atoms with Crippen molar-refractivity contribution >= 4 is 5.97 Å². The van der Waals surface area contributed by atoms with Crippen LogP contribution in [0, 0.1) is 0 Å². The van der Waals surface area contributed by atoms with Gasteiger partial charge >= 0.3 is 5.97 Å². The van der Waals surface area contributed by atoms with Gasteiger partial charge in [0.1, 0.15) is 6.10 Å². The van der Waals surface area contributed by atoms with Gasteiger partial charge < -0.3 is 4.74 Å². The van der Waals surface area contributed by atoms with Gasteiger partial charge in [-0.05, 0) is 26.3 Å². The standard InChI is InChI=1S/C14H18O2/c1-4-11(2)14(15)16-12(3)10-13-8-6-5-7-9-13/h4-9,12H,10H2,1-3H3. The molecule has 1 aromatic carbocycles. The van der Waals surface area contributed by atoms with Crippen LogP contribution in [0.1, 0.15) is 26.3 Å². The number of benzene rings is 1. The Hall–Kier alpha value is -1.57. The first-order valence-electron chi connectivity index (χ1n) is 5.51. The molecule has 1 aromatic rings. The maximum Gasteiger partial charge on any atom is 0.333 e. The van der Waals surface area contributed by atoms with Crippen LogP contribution in [0.4, 0.5) is 0 Å². The summed E-state index contributed by atoms with van der Waals surface area (Å²) in [6, 6.07) is 10.0. The number of rotatable bonds is 4. The van der Waals surface area contributed by atoms with Crippen molar-refractivity contribution < 1.29 is 9.53 Å². The van der Waals surface area contributed by atoms with Crippen LogP contribution in [-0.2, 0) is 16.0 Å². The monoisotopic (exact) mass is 218 g/mol. The zero-order valence-electron chi connectivity index (χ0n) is 10.1. The van der Waals surface area contributed by atoms with Gasteiger partial charge in [0.25, 0.3) is 0 Å². The molecule has 0 amide bonds. The van der Waals surface area contributed by atoms with Crippen molar-refractivity contribution in [3.8, 4) is 0 Å². The lowest BCUT2D eigenvalue weighted by molar-refractivity contribution is -0.143. The molecule has 0 saturated carbocycles. The molecule has 0 aliphatic carbocycles. The largest absolute Gasteiger partial charge is 0.459 e. The van der Waals surface area contributed by atoms with Gasteiger partial charge in [-0.25, -0.2) is 4.79 Å². The van der Waals surface area contributed by atoms with Crippen LogP contribution in [-0.4, -0.2) is 12.1 Å². The van der Waals surface area contributed by atoms with E-state index in [0.717, 1.165) is 6.42 Å². The Balaban J connectivity index is 2.48. The molecule has 0 aliphatic heterocycles. The summed E-state index contributed by atoms with van der Waals surface area (Å²) in [5.41, 5.74) is 1.83. The van der Waals surface area contributed by atoms with Crippen LogP contribution in [0.5, 0.6) is 0 Å². The van der Waals surface area contributed by atoms with Crippen molar-refractivity contribution in [1.29, 1.82) is 0 Å². The van der Waals surface area contributed by atoms with Gasteiger partial charge in [0.15, 0.2) is 0 Å². The lowest BCUT2D eigenvalue weighted by Gasteiger charge is -2.13. The molecule has 0 radical (unpaired) electrons. The van der Waals surface area contributed by atoms with E-state index in [1.165, 1.54) is 5.56 Å². The number of carbonyl (C=O) groups excluding carboxylic acids is 1. The molecule has 2 heteroatoms. The highest BCUT2D eigenvalue weighted by molar-refractivity contribution is 5.87. The van der Waals surface area contributed by atoms with Gasteiger partial charge in [-0.1, -0.05) is 36.4 Å². The fourth-order valence-corrected chi connectivity index (χ4v) is 1.38. The Morgan fingerprint density at radius 3 is 2.56 bits per heavy atom. The second kappa shape index (κ2) is 6.11. The maximum absolute atomic E-state index is 11.5. The van der Waals surface area contributed by atoms with E-state index in [0.29, 0.717) is 5.57 Å². The van der Waals surface area contributed by atoms with Gasteiger partial charge in [-0.3, -0.25) is 0 Å². The minimum atomic E-state index is -0.231. The molecule has 0 heterocycles. The van der Waals surface area contributed by atoms with E-state index in [2.05, 4.69) is 0 Å². The summed E-state index contributed by atoms with van der Waals surface area (Å²) in [5.74, 6) is -0.231. The predicted octanol–water partition coefficient (Wildman–Crippen LogP) is 3.13. The van der Waals surface area contributed by atoms with Crippen molar-refractivity contribution in [2.24, 2.45) is 0 Å². The first-order valence-corrected chi connectivity index (χ1v) is 5.51. The first kappa shape index (κ1) is 12.5. The van der Waals surface area contributed by atoms with Crippen LogP contribution >= 0.6 is 0 Å². The Bertz CT molecular complexity index is 366. The maximum atomic E-state index is 11.5. The van der Waals surface area contributed by atoms with Crippen LogP contribution in [0.3, 0.4) is 0 Å². The fourth-order valence-electron chi connectivity index (χ4n) is 1.38. The van der Waals surface area contributed by atoms with Gasteiger partial charge in [-0.15, -0.1) is 0 Å². The summed E-state index contributed by atoms with van der Waals surface area (Å²) in [6.07, 6.45) is 2.42. The third-order valence-electron chi connectivity index (χ3n) is 2.43. The minimum absolute atomic E-state index is 0.0928. The van der Waals surface area contributed by atoms with Crippen molar-refractivity contribution in [1.82, 2.24) is 0 Å². The molecule has 1 rings (SSSR count). The Labute approximate surface area is 96.9 Å². The van der Waals surface area contributed by atoms with Gasteiger partial charge in [-0.2, -0.15) is 0 Å². The third kappa shape index (κ3) is 3.89. The Kier molecular flexibility index (Phi) is 4.77. The highest BCUT2D eigenvalue weighted by atomic mass is 16.5. The van der Waals surface area contributed by atoms with Crippen LogP contribution in [0.25, 0.3) is 0 Å². The van der Waals surface area contributed by atoms with E-state index >= 15 is 0 Å². The lowest BCUT2D eigenvalue weighted by atomic mass is 10.1. The zero-order chi connectivity index (χ0) is 12.0. The Morgan fingerprint density at radius 1 is 1.38 bits per heavy atom. The van der Waals surface area contributed by atoms with Gasteiger partial charge in [0.2, 0.25) is 0 Å². The van der Waals surface area contributed by atoms with E-state index < -0.39 is 0 Å². The SMILES string of the molecule is CC=C(C)C(=O)OC(C)Cc1ccccc1. The molecule has 0 aromatic heterocycles. The lowest BCUT2D eigenvalue weighted by Crippen LogP contribution is -2.17. The molecular formula is C14H18O2. The van der Waals surface area contributed by atoms with Crippen molar-refractivity contribution in [3.05, 3.63) is 47.5 Å². The molecule has 16 heavy (non-hydrogen) atoms. The van der Waals surface area contributed by atoms with Crippen molar-refractivity contribution in [2.45, 2.75) is 33.3 Å². The molecule has 0 N–H and O–H groups in total. The molecule has 1 atom stereocenters. The normalized spacial score (nSPS) is 13.3. The van der Waals surface area contributed by atoms with E-state index in [4.69, 9.17) is 4.74 Å². The number of esters is 1. The highest BCUT2D eigenvalue weighted by Crippen LogP contribution is 2.07. The molecule has 0 saturated heterocycles. The number of ether oxygens (including phenoxy) is 1. The molecule has 0 bridgehead atoms. The minimum Gasteiger partial charge on any atom is -0.459 e. The van der Waals surface area contributed by atoms with E-state index in [1.54, 1.807) is 13.0 Å². The van der Waals surface area contributed by atoms with Crippen molar-refractivity contribution in [2.75, 3.05) is 0 Å². The Morgan fingerprint density at radius 2 is 2.00 bits per heavy atom. The average molecular weight is 218 g/mol. The van der Waals surface area contributed by atoms with E-state index in [1.807, 2.05) is 44.2 Å². The molecule has 0 spiro atoms. The summed E-state index contributed by atoms with van der Waals surface area (Å²) in [4.78, 5) is 11.5. The first-order chi connectivity index (χ1) is 7.63. The summed E-state index contributed by atoms with van der Waals surface area (Å²) in [7, 11) is 0. The second-order valence-corrected chi connectivity index (χ2v) is 3.88. The summed E-state index contributed by atoms with van der Waals surface area (Å²) in [5, 5.41) is 0. The molecule has 0 aliphatic rings. The van der Waals surface area contributed by atoms with Crippen LogP contribution in [0.2, 0.25) is 0 Å². The molecule has 2 nitrogen and oxygen atoms in total. The molecule has 1 unspecified atom stereocenters. The second-order valence-electron chi connectivity index (χ2n) is 3.88.